The van der Waals surface area contributed by atoms with Crippen molar-refractivity contribution in [2.75, 3.05) is 23.3 Å². The molecule has 1 aliphatic heterocycles. The Labute approximate surface area is 208 Å². The second-order valence-corrected chi connectivity index (χ2v) is 9.07. The number of carbonyl (C=O) groups excluding carboxylic acids is 2. The molecule has 0 aliphatic carbocycles. The van der Waals surface area contributed by atoms with E-state index in [2.05, 4.69) is 15.3 Å². The van der Waals surface area contributed by atoms with Crippen LogP contribution in [-0.2, 0) is 11.3 Å². The number of amides is 1. The molecule has 0 saturated carbocycles. The van der Waals surface area contributed by atoms with Crippen molar-refractivity contribution in [1.82, 2.24) is 14.5 Å². The highest BCUT2D eigenvalue weighted by Gasteiger charge is 2.29. The average Bonchev–Trinajstić information content (AvgIpc) is 2.91. The molecule has 1 atom stereocenters. The number of Topliss-reactive ketones (excluding diaryl/α,β-unsaturated/α-hetero) is 1. The molecule has 36 heavy (non-hydrogen) atoms. The quantitative estimate of drug-likeness (QED) is 0.420. The van der Waals surface area contributed by atoms with Crippen molar-refractivity contribution in [2.45, 2.75) is 26.3 Å². The van der Waals surface area contributed by atoms with E-state index in [0.717, 1.165) is 12.0 Å². The summed E-state index contributed by atoms with van der Waals surface area (Å²) in [6.45, 7) is 2.91. The van der Waals surface area contributed by atoms with Gasteiger partial charge >= 0.3 is 0 Å². The van der Waals surface area contributed by atoms with Gasteiger partial charge < -0.3 is 10.2 Å². The van der Waals surface area contributed by atoms with E-state index in [4.69, 9.17) is 0 Å². The van der Waals surface area contributed by atoms with Crippen molar-refractivity contribution in [3.63, 3.8) is 0 Å². The van der Waals surface area contributed by atoms with E-state index in [-0.39, 0.29) is 23.2 Å². The Morgan fingerprint density at radius 3 is 2.69 bits per heavy atom. The van der Waals surface area contributed by atoms with Gasteiger partial charge in [0, 0.05) is 30.5 Å². The van der Waals surface area contributed by atoms with Gasteiger partial charge in [-0.25, -0.2) is 9.97 Å². The maximum atomic E-state index is 13.6. The molecule has 5 rings (SSSR count). The summed E-state index contributed by atoms with van der Waals surface area (Å²) >= 11 is 0. The smallest absolute Gasteiger partial charge is 0.295 e. The Morgan fingerprint density at radius 2 is 1.89 bits per heavy atom. The molecule has 1 aliphatic rings. The predicted octanol–water partition coefficient (Wildman–Crippen LogP) is 3.90. The molecule has 1 N–H and O–H groups in total. The highest BCUT2D eigenvalue weighted by molar-refractivity contribution is 5.97. The van der Waals surface area contributed by atoms with Gasteiger partial charge in [-0.3, -0.25) is 19.0 Å². The van der Waals surface area contributed by atoms with Crippen LogP contribution < -0.4 is 15.8 Å². The Balaban J connectivity index is 1.42. The van der Waals surface area contributed by atoms with E-state index < -0.39 is 0 Å². The van der Waals surface area contributed by atoms with E-state index in [1.165, 1.54) is 6.92 Å². The molecule has 0 bridgehead atoms. The average molecular weight is 482 g/mol. The van der Waals surface area contributed by atoms with Crippen LogP contribution in [0.4, 0.5) is 11.5 Å². The van der Waals surface area contributed by atoms with E-state index in [9.17, 15) is 14.4 Å². The van der Waals surface area contributed by atoms with Crippen LogP contribution in [0.1, 0.15) is 35.7 Å². The van der Waals surface area contributed by atoms with Crippen LogP contribution in [0.15, 0.2) is 77.7 Å². The minimum Gasteiger partial charge on any atom is -0.351 e. The van der Waals surface area contributed by atoms with Crippen LogP contribution in [0.2, 0.25) is 0 Å². The minimum absolute atomic E-state index is 0.0569. The molecule has 1 fully saturated rings. The lowest BCUT2D eigenvalue weighted by Gasteiger charge is -2.32. The van der Waals surface area contributed by atoms with Crippen LogP contribution in [0.25, 0.3) is 11.2 Å². The second kappa shape index (κ2) is 10.1. The Hall–Kier alpha value is -4.33. The fourth-order valence-corrected chi connectivity index (χ4v) is 4.62. The highest BCUT2D eigenvalue weighted by atomic mass is 16.2. The number of piperidine rings is 1. The number of ketones is 1. The van der Waals surface area contributed by atoms with Crippen molar-refractivity contribution in [3.05, 3.63) is 94.4 Å². The van der Waals surface area contributed by atoms with Crippen LogP contribution >= 0.6 is 0 Å². The van der Waals surface area contributed by atoms with Crippen LogP contribution in [0.5, 0.6) is 0 Å². The second-order valence-electron chi connectivity index (χ2n) is 9.07. The van der Waals surface area contributed by atoms with Gasteiger partial charge in [-0.05, 0) is 49.6 Å². The molecule has 0 spiro atoms. The molecule has 182 valence electrons. The largest absolute Gasteiger partial charge is 0.351 e. The zero-order chi connectivity index (χ0) is 25.1. The third kappa shape index (κ3) is 4.88. The van der Waals surface area contributed by atoms with E-state index >= 15 is 0 Å². The van der Waals surface area contributed by atoms with Crippen LogP contribution in [0.3, 0.4) is 0 Å². The first-order valence-electron chi connectivity index (χ1n) is 12.1. The number of nitrogens with zero attached hydrogens (tertiary/aromatic N) is 4. The molecule has 4 aromatic rings. The normalized spacial score (nSPS) is 15.6. The van der Waals surface area contributed by atoms with Crippen molar-refractivity contribution >= 4 is 34.4 Å². The molecule has 3 heterocycles. The minimum atomic E-state index is -0.312. The summed E-state index contributed by atoms with van der Waals surface area (Å²) in [6, 6.07) is 20.4. The summed E-state index contributed by atoms with van der Waals surface area (Å²) in [5.41, 5.74) is 3.08. The molecular weight excluding hydrogens is 454 g/mol. The van der Waals surface area contributed by atoms with Gasteiger partial charge in [-0.1, -0.05) is 42.5 Å². The predicted molar refractivity (Wildman–Crippen MR) is 139 cm³/mol. The van der Waals surface area contributed by atoms with Crippen molar-refractivity contribution in [1.29, 1.82) is 0 Å². The summed E-state index contributed by atoms with van der Waals surface area (Å²) in [7, 11) is 0. The molecule has 2 aromatic heterocycles. The zero-order valence-electron chi connectivity index (χ0n) is 20.1. The maximum absolute atomic E-state index is 13.6. The van der Waals surface area contributed by atoms with Gasteiger partial charge in [0.2, 0.25) is 5.91 Å². The lowest BCUT2D eigenvalue weighted by atomic mass is 9.97. The van der Waals surface area contributed by atoms with Crippen molar-refractivity contribution < 1.29 is 9.59 Å². The van der Waals surface area contributed by atoms with Gasteiger partial charge in [-0.15, -0.1) is 0 Å². The van der Waals surface area contributed by atoms with Crippen molar-refractivity contribution in [3.8, 4) is 0 Å². The third-order valence-electron chi connectivity index (χ3n) is 6.50. The summed E-state index contributed by atoms with van der Waals surface area (Å²) in [6.07, 6.45) is 3.13. The fourth-order valence-electron chi connectivity index (χ4n) is 4.62. The summed E-state index contributed by atoms with van der Waals surface area (Å²) in [4.78, 5) is 49.4. The molecule has 2 aromatic carbocycles. The SMILES string of the molecule is CC(=O)c1cccc(NC(=O)[C@@H]2CCCN(c3nc4cccnc4n(Cc4ccccc4)c3=O)C2)c1. The molecule has 1 saturated heterocycles. The van der Waals surface area contributed by atoms with Crippen LogP contribution in [0, 0.1) is 5.92 Å². The number of hydrogen-bond acceptors (Lipinski definition) is 6. The number of aromatic nitrogens is 3. The highest BCUT2D eigenvalue weighted by Crippen LogP contribution is 2.23. The Morgan fingerprint density at radius 1 is 1.06 bits per heavy atom. The van der Waals surface area contributed by atoms with E-state index in [1.807, 2.05) is 41.3 Å². The number of hydrogen-bond donors (Lipinski definition) is 1. The molecular formula is C28H27N5O3. The van der Waals surface area contributed by atoms with Gasteiger partial charge in [0.15, 0.2) is 17.2 Å². The number of pyridine rings is 1. The fraction of sp³-hybridized carbons (Fsp3) is 0.250. The van der Waals surface area contributed by atoms with Gasteiger partial charge in [0.05, 0.1) is 12.5 Å². The topological polar surface area (TPSA) is 97.2 Å². The summed E-state index contributed by atoms with van der Waals surface area (Å²) in [5, 5.41) is 2.94. The first-order chi connectivity index (χ1) is 17.5. The molecule has 8 nitrogen and oxygen atoms in total. The Bertz CT molecular complexity index is 1480. The first-order valence-corrected chi connectivity index (χ1v) is 12.1. The summed E-state index contributed by atoms with van der Waals surface area (Å²) < 4.78 is 1.66. The number of nitrogens with one attached hydrogen (secondary N) is 1. The van der Waals surface area contributed by atoms with E-state index in [1.54, 1.807) is 41.1 Å². The van der Waals surface area contributed by atoms with Gasteiger partial charge in [0.1, 0.15) is 5.52 Å². The zero-order valence-corrected chi connectivity index (χ0v) is 20.1. The standard InChI is InChI=1S/C28H27N5O3/c1-19(34)21-10-5-12-23(16-21)30-27(35)22-11-7-15-32(18-22)26-28(36)33(17-20-8-3-2-4-9-20)25-24(31-26)13-6-14-29-25/h2-6,8-10,12-14,16,22H,7,11,15,17-18H2,1H3,(H,30,35)/t22-/m1/s1. The number of benzene rings is 2. The number of fused-ring (bicyclic) bond motifs is 1. The maximum Gasteiger partial charge on any atom is 0.295 e. The molecule has 8 heteroatoms. The number of carbonyl (C=O) groups is 2. The van der Waals surface area contributed by atoms with E-state index in [0.29, 0.717) is 54.3 Å². The monoisotopic (exact) mass is 481 g/mol. The molecule has 0 radical (unpaired) electrons. The third-order valence-corrected chi connectivity index (χ3v) is 6.50. The number of anilines is 2. The lowest BCUT2D eigenvalue weighted by Crippen LogP contribution is -2.44. The molecule has 1 amide bonds. The van der Waals surface area contributed by atoms with Crippen LogP contribution in [-0.4, -0.2) is 39.3 Å². The first kappa shape index (κ1) is 23.4. The summed E-state index contributed by atoms with van der Waals surface area (Å²) in [5.74, 6) is -0.165. The Kier molecular flexibility index (Phi) is 6.58. The number of rotatable bonds is 6. The van der Waals surface area contributed by atoms with Gasteiger partial charge in [0.25, 0.3) is 5.56 Å². The molecule has 0 unspecified atom stereocenters. The van der Waals surface area contributed by atoms with Gasteiger partial charge in [-0.2, -0.15) is 0 Å². The lowest BCUT2D eigenvalue weighted by molar-refractivity contribution is -0.120. The van der Waals surface area contributed by atoms with Crippen molar-refractivity contribution in [2.24, 2.45) is 5.92 Å².